The molecule has 7 heteroatoms. The second-order valence-corrected chi connectivity index (χ2v) is 11.4. The average molecular weight is 545 g/mol. The fourth-order valence-electron chi connectivity index (χ4n) is 2.55. The third-order valence-corrected chi connectivity index (χ3v) is 12.8. The van der Waals surface area contributed by atoms with Crippen molar-refractivity contribution in [3.05, 3.63) is 0 Å². The molecular weight excluding hydrogens is 524 g/mol. The third kappa shape index (κ3) is 5.85. The first-order chi connectivity index (χ1) is 9.28. The fourth-order valence-corrected chi connectivity index (χ4v) is 9.02. The number of ether oxygens (including phenoxy) is 1. The Morgan fingerprint density at radius 2 is 1.84 bits per heavy atom. The van der Waals surface area contributed by atoms with Crippen LogP contribution < -0.4 is 0 Å². The van der Waals surface area contributed by atoms with Crippen LogP contribution in [0.15, 0.2) is 0 Å². The molecule has 0 aromatic rings. The molecule has 0 N–H and O–H groups in total. The van der Waals surface area contributed by atoms with E-state index in [-0.39, 0.29) is 0 Å². The minimum atomic E-state index is 0.496. The van der Waals surface area contributed by atoms with Crippen molar-refractivity contribution in [1.29, 1.82) is 0 Å². The Bertz CT molecular complexity index is 259. The van der Waals surface area contributed by atoms with Gasteiger partial charge in [0.2, 0.25) is 0 Å². The molecule has 112 valence electrons. The zero-order valence-electron chi connectivity index (χ0n) is 11.0. The van der Waals surface area contributed by atoms with E-state index >= 15 is 0 Å². The summed E-state index contributed by atoms with van der Waals surface area (Å²) in [5.74, 6) is 1.28. The number of hydrogen-bond donors (Lipinski definition) is 0. The molecule has 0 spiro atoms. The average Bonchev–Trinajstić information content (AvgIpc) is 2.49. The molecule has 0 radical (unpaired) electrons. The number of nitrogens with zero attached hydrogens (tertiary/aromatic N) is 1. The van der Waals surface area contributed by atoms with Crippen molar-refractivity contribution in [1.82, 2.24) is 4.90 Å². The maximum absolute atomic E-state index is 5.40. The molecule has 2 aliphatic rings. The van der Waals surface area contributed by atoms with E-state index in [1.165, 1.54) is 38.0 Å². The maximum Gasteiger partial charge on any atom is 0.0712 e. The summed E-state index contributed by atoms with van der Waals surface area (Å²) in [7, 11) is 4.10. The Labute approximate surface area is 153 Å². The van der Waals surface area contributed by atoms with E-state index in [9.17, 15) is 0 Å². The van der Waals surface area contributed by atoms with Gasteiger partial charge in [-0.15, -0.1) is 11.8 Å². The summed E-state index contributed by atoms with van der Waals surface area (Å²) in [6, 6.07) is 0. The quantitative estimate of drug-likeness (QED) is 0.349. The number of rotatable bonds is 6. The summed E-state index contributed by atoms with van der Waals surface area (Å²) in [6.07, 6.45) is 5.56. The predicted octanol–water partition coefficient (Wildman–Crippen LogP) is 4.86. The lowest BCUT2D eigenvalue weighted by Gasteiger charge is -2.37. The zero-order chi connectivity index (χ0) is 13.6. The van der Waals surface area contributed by atoms with Crippen LogP contribution in [0.3, 0.4) is 0 Å². The first-order valence-electron chi connectivity index (χ1n) is 6.79. The lowest BCUT2D eigenvalue weighted by atomic mass is 9.99. The van der Waals surface area contributed by atoms with Gasteiger partial charge in [0.15, 0.2) is 0 Å². The molecule has 0 atom stereocenters. The molecule has 0 aromatic heterocycles. The van der Waals surface area contributed by atoms with Gasteiger partial charge in [-0.05, 0) is 68.1 Å². The van der Waals surface area contributed by atoms with Gasteiger partial charge in [-0.1, -0.05) is 17.9 Å². The van der Waals surface area contributed by atoms with Gasteiger partial charge >= 0.3 is 0 Å². The molecule has 0 aromatic carbocycles. The first-order valence-corrected chi connectivity index (χ1v) is 14.6. The molecule has 2 nitrogen and oxygen atoms in total. The van der Waals surface area contributed by atoms with Crippen LogP contribution in [-0.4, -0.2) is 52.8 Å². The molecular formula is C12H21I2NOS3. The zero-order valence-corrected chi connectivity index (χ0v) is 17.7. The Kier molecular flexibility index (Phi) is 8.93. The highest BCUT2D eigenvalue weighted by molar-refractivity contribution is 14.2. The Morgan fingerprint density at radius 1 is 1.16 bits per heavy atom. The summed E-state index contributed by atoms with van der Waals surface area (Å²) in [5, 5.41) is 0.900. The predicted molar refractivity (Wildman–Crippen MR) is 108 cm³/mol. The van der Waals surface area contributed by atoms with Crippen LogP contribution in [0.25, 0.3) is 0 Å². The largest absolute Gasteiger partial charge is 0.379 e. The molecule has 1 aliphatic carbocycles. The van der Waals surface area contributed by atoms with Crippen LogP contribution in [0.1, 0.15) is 25.7 Å². The smallest absolute Gasteiger partial charge is 0.0712 e. The molecule has 1 saturated heterocycles. The van der Waals surface area contributed by atoms with E-state index in [0.29, 0.717) is 4.08 Å². The summed E-state index contributed by atoms with van der Waals surface area (Å²) in [6.45, 7) is 5.32. The van der Waals surface area contributed by atoms with Crippen LogP contribution in [0.4, 0.5) is 0 Å². The molecule has 2 fully saturated rings. The van der Waals surface area contributed by atoms with Crippen molar-refractivity contribution in [3.63, 3.8) is 0 Å². The molecule has 1 aliphatic heterocycles. The van der Waals surface area contributed by atoms with Crippen LogP contribution in [0, 0.1) is 0 Å². The van der Waals surface area contributed by atoms with Crippen LogP contribution in [-0.2, 0) is 4.74 Å². The van der Waals surface area contributed by atoms with Crippen molar-refractivity contribution in [2.24, 2.45) is 0 Å². The first kappa shape index (κ1) is 17.8. The molecule has 0 bridgehead atoms. The summed E-state index contributed by atoms with van der Waals surface area (Å²) >= 11 is 7.21. The highest BCUT2D eigenvalue weighted by Gasteiger charge is 2.35. The summed E-state index contributed by atoms with van der Waals surface area (Å²) < 4.78 is 5.90. The van der Waals surface area contributed by atoms with Crippen LogP contribution >= 0.6 is 72.0 Å². The van der Waals surface area contributed by atoms with E-state index in [4.69, 9.17) is 4.74 Å². The van der Waals surface area contributed by atoms with Gasteiger partial charge < -0.3 is 4.74 Å². The lowest BCUT2D eigenvalue weighted by Crippen LogP contribution is -2.38. The van der Waals surface area contributed by atoms with Gasteiger partial charge in [-0.25, -0.2) is 0 Å². The number of morpholine rings is 1. The molecule has 19 heavy (non-hydrogen) atoms. The van der Waals surface area contributed by atoms with E-state index in [2.05, 4.69) is 68.0 Å². The minimum absolute atomic E-state index is 0.496. The fraction of sp³-hybridized carbons (Fsp3) is 1.00. The molecule has 1 heterocycles. The van der Waals surface area contributed by atoms with Gasteiger partial charge in [-0.2, -0.15) is 0 Å². The third-order valence-electron chi connectivity index (χ3n) is 3.84. The van der Waals surface area contributed by atoms with Gasteiger partial charge in [0.25, 0.3) is 0 Å². The van der Waals surface area contributed by atoms with E-state index < -0.39 is 0 Å². The standard InChI is InChI=1S/C12H21I2NOS3/c13-18-11-1-3-12(19-14,4-2-11)17-10-7-15-5-8-16-9-6-15/h11H,1-10H2. The topological polar surface area (TPSA) is 12.5 Å². The summed E-state index contributed by atoms with van der Waals surface area (Å²) in [5.41, 5.74) is 0. The van der Waals surface area contributed by atoms with Crippen LogP contribution in [0.2, 0.25) is 0 Å². The van der Waals surface area contributed by atoms with Crippen molar-refractivity contribution in [2.45, 2.75) is 35.0 Å². The molecule has 0 unspecified atom stereocenters. The summed E-state index contributed by atoms with van der Waals surface area (Å²) in [4.78, 5) is 2.55. The molecule has 0 amide bonds. The number of hydrogen-bond acceptors (Lipinski definition) is 5. The van der Waals surface area contributed by atoms with E-state index in [0.717, 1.165) is 31.6 Å². The molecule has 2 rings (SSSR count). The lowest BCUT2D eigenvalue weighted by molar-refractivity contribution is 0.0410. The van der Waals surface area contributed by atoms with E-state index in [1.54, 1.807) is 0 Å². The van der Waals surface area contributed by atoms with Crippen molar-refractivity contribution in [2.75, 3.05) is 38.6 Å². The van der Waals surface area contributed by atoms with Gasteiger partial charge in [0.05, 0.1) is 17.3 Å². The maximum atomic E-state index is 5.40. The Morgan fingerprint density at radius 3 is 2.42 bits per heavy atom. The second kappa shape index (κ2) is 9.54. The van der Waals surface area contributed by atoms with Crippen molar-refractivity contribution in [3.8, 4) is 0 Å². The van der Waals surface area contributed by atoms with Crippen LogP contribution in [0.5, 0.6) is 0 Å². The number of halogens is 2. The monoisotopic (exact) mass is 545 g/mol. The van der Waals surface area contributed by atoms with Crippen molar-refractivity contribution >= 4 is 72.0 Å². The minimum Gasteiger partial charge on any atom is -0.379 e. The molecule has 1 saturated carbocycles. The Balaban J connectivity index is 1.70. The van der Waals surface area contributed by atoms with Crippen molar-refractivity contribution < 1.29 is 4.74 Å². The van der Waals surface area contributed by atoms with Gasteiger partial charge in [-0.3, -0.25) is 4.90 Å². The highest BCUT2D eigenvalue weighted by atomic mass is 127. The normalized spacial score (nSPS) is 33.5. The second-order valence-electron chi connectivity index (χ2n) is 5.08. The van der Waals surface area contributed by atoms with Gasteiger partial charge in [0.1, 0.15) is 0 Å². The Hall–Kier alpha value is 2.43. The highest BCUT2D eigenvalue weighted by Crippen LogP contribution is 2.53. The SMILES string of the molecule is ISC1CCC(SI)(SCCN2CCOCC2)CC1. The number of thioether (sulfide) groups is 1. The van der Waals surface area contributed by atoms with E-state index in [1.807, 2.05) is 8.93 Å². The van der Waals surface area contributed by atoms with Gasteiger partial charge in [0, 0.05) is 30.6 Å².